The van der Waals surface area contributed by atoms with Crippen molar-refractivity contribution in [3.8, 4) is 0 Å². The van der Waals surface area contributed by atoms with Crippen LogP contribution >= 0.6 is 0 Å². The molecule has 1 amide bonds. The molecule has 0 fully saturated rings. The van der Waals surface area contributed by atoms with Crippen LogP contribution in [0.3, 0.4) is 0 Å². The van der Waals surface area contributed by atoms with E-state index in [-0.39, 0.29) is 28.1 Å². The third-order valence-corrected chi connectivity index (χ3v) is 6.88. The predicted octanol–water partition coefficient (Wildman–Crippen LogP) is 2.42. The van der Waals surface area contributed by atoms with Gasteiger partial charge < -0.3 is 13.9 Å². The van der Waals surface area contributed by atoms with Crippen LogP contribution in [0.4, 0.5) is 11.7 Å². The van der Waals surface area contributed by atoms with Gasteiger partial charge in [0.15, 0.2) is 0 Å². The Kier molecular flexibility index (Phi) is 5.02. The van der Waals surface area contributed by atoms with E-state index in [1.54, 1.807) is 6.07 Å². The second kappa shape index (κ2) is 8.00. The van der Waals surface area contributed by atoms with Gasteiger partial charge in [0.05, 0.1) is 10.6 Å². The molecule has 3 heterocycles. The van der Waals surface area contributed by atoms with Gasteiger partial charge in [-0.25, -0.2) is 8.42 Å². The van der Waals surface area contributed by atoms with Crippen LogP contribution in [-0.4, -0.2) is 44.3 Å². The van der Waals surface area contributed by atoms with Gasteiger partial charge in [0.2, 0.25) is 5.76 Å². The molecule has 0 saturated heterocycles. The molecule has 164 valence electrons. The summed E-state index contributed by atoms with van der Waals surface area (Å²) >= 11 is 0. The molecule has 0 spiro atoms. The molecule has 11 heteroatoms. The van der Waals surface area contributed by atoms with Crippen molar-refractivity contribution in [1.82, 2.24) is 10.2 Å². The highest BCUT2D eigenvalue weighted by atomic mass is 32.2. The van der Waals surface area contributed by atoms with Crippen molar-refractivity contribution in [2.24, 2.45) is 0 Å². The van der Waals surface area contributed by atoms with E-state index in [0.717, 1.165) is 5.56 Å². The number of para-hydroxylation sites is 1. The lowest BCUT2D eigenvalue weighted by molar-refractivity contribution is 0.102. The Morgan fingerprint density at radius 2 is 1.84 bits per heavy atom. The first-order chi connectivity index (χ1) is 15.5. The lowest BCUT2D eigenvalue weighted by Crippen LogP contribution is -2.29. The van der Waals surface area contributed by atoms with Gasteiger partial charge in [0.25, 0.3) is 21.8 Å². The number of carbonyl (C=O) groups excluding carboxylic acids is 1. The minimum Gasteiger partial charge on any atom is -0.494 e. The fourth-order valence-electron chi connectivity index (χ4n) is 3.49. The Bertz CT molecular complexity index is 1300. The third-order valence-electron chi connectivity index (χ3n) is 5.05. The minimum atomic E-state index is -3.73. The highest BCUT2D eigenvalue weighted by molar-refractivity contribution is 7.92. The summed E-state index contributed by atoms with van der Waals surface area (Å²) in [6.07, 6.45) is 2.02. The first-order valence-electron chi connectivity index (χ1n) is 9.83. The summed E-state index contributed by atoms with van der Waals surface area (Å²) in [6, 6.07) is 13.0. The Balaban J connectivity index is 1.30. The Labute approximate surface area is 183 Å². The number of benzene rings is 2. The molecule has 0 radical (unpaired) electrons. The van der Waals surface area contributed by atoms with Gasteiger partial charge in [-0.2, -0.15) is 0 Å². The molecule has 0 bridgehead atoms. The molecule has 3 aromatic rings. The van der Waals surface area contributed by atoms with Crippen molar-refractivity contribution in [3.05, 3.63) is 71.8 Å². The highest BCUT2D eigenvalue weighted by Crippen LogP contribution is 2.32. The number of nitrogens with zero attached hydrogens (tertiary/aromatic N) is 3. The van der Waals surface area contributed by atoms with E-state index in [9.17, 15) is 13.2 Å². The molecule has 2 aliphatic rings. The van der Waals surface area contributed by atoms with Crippen molar-refractivity contribution < 1.29 is 27.1 Å². The first kappa shape index (κ1) is 20.1. The number of sulfonamides is 1. The van der Waals surface area contributed by atoms with E-state index < -0.39 is 15.9 Å². The lowest BCUT2D eigenvalue weighted by atomic mass is 10.2. The molecule has 0 unspecified atom stereocenters. The number of aromatic nitrogens is 2. The lowest BCUT2D eigenvalue weighted by Gasteiger charge is -2.19. The van der Waals surface area contributed by atoms with Gasteiger partial charge in [-0.15, -0.1) is 5.10 Å². The zero-order valence-corrected chi connectivity index (χ0v) is 17.5. The smallest absolute Gasteiger partial charge is 0.322 e. The molecule has 2 aliphatic heterocycles. The van der Waals surface area contributed by atoms with Gasteiger partial charge in [-0.05, 0) is 42.3 Å². The molecular formula is C21H18N4O6S. The van der Waals surface area contributed by atoms with Crippen molar-refractivity contribution in [1.29, 1.82) is 0 Å². The van der Waals surface area contributed by atoms with E-state index in [4.69, 9.17) is 13.9 Å². The van der Waals surface area contributed by atoms with Crippen LogP contribution in [-0.2, 0) is 25.9 Å². The molecule has 1 aromatic heterocycles. The first-order valence-corrected chi connectivity index (χ1v) is 11.3. The second-order valence-corrected chi connectivity index (χ2v) is 8.91. The maximum Gasteiger partial charge on any atom is 0.322 e. The number of rotatable bonds is 5. The van der Waals surface area contributed by atoms with Gasteiger partial charge in [-0.1, -0.05) is 23.3 Å². The van der Waals surface area contributed by atoms with Crippen LogP contribution in [0.2, 0.25) is 0 Å². The number of ether oxygens (including phenoxy) is 2. The van der Waals surface area contributed by atoms with Crippen LogP contribution in [0.25, 0.3) is 5.76 Å². The van der Waals surface area contributed by atoms with Gasteiger partial charge in [0, 0.05) is 12.1 Å². The highest BCUT2D eigenvalue weighted by Gasteiger charge is 2.30. The van der Waals surface area contributed by atoms with E-state index in [1.807, 2.05) is 18.2 Å². The van der Waals surface area contributed by atoms with Gasteiger partial charge in [0.1, 0.15) is 19.5 Å². The Morgan fingerprint density at radius 1 is 1.03 bits per heavy atom. The largest absolute Gasteiger partial charge is 0.494 e. The average molecular weight is 454 g/mol. The Hall–Kier alpha value is -3.86. The van der Waals surface area contributed by atoms with Gasteiger partial charge >= 0.3 is 6.01 Å². The van der Waals surface area contributed by atoms with Gasteiger partial charge in [-0.3, -0.25) is 14.4 Å². The maximum atomic E-state index is 13.1. The quantitative estimate of drug-likeness (QED) is 0.623. The second-order valence-electron chi connectivity index (χ2n) is 7.05. The van der Waals surface area contributed by atoms with E-state index in [1.165, 1.54) is 34.8 Å². The molecular weight excluding hydrogens is 436 g/mol. The summed E-state index contributed by atoms with van der Waals surface area (Å²) in [5.74, 6) is -0.167. The van der Waals surface area contributed by atoms with E-state index >= 15 is 0 Å². The standard InChI is InChI=1S/C21H18N4O6S/c26-19(22-21-24-23-20(31-21)18-13-29-11-12-30-18)15-5-7-16(8-6-15)32(27,28)25-10-9-14-3-1-2-4-17(14)25/h1-8,13H,9-12H2,(H,22,24,26). The van der Waals surface area contributed by atoms with Crippen LogP contribution in [0, 0.1) is 0 Å². The zero-order chi connectivity index (χ0) is 22.1. The number of hydrogen-bond donors (Lipinski definition) is 1. The SMILES string of the molecule is O=C(Nc1nnc(C2=COCCO2)o1)c1ccc(S(=O)(=O)N2CCc3ccccc32)cc1. The molecule has 0 aliphatic carbocycles. The number of anilines is 2. The van der Waals surface area contributed by atoms with E-state index in [2.05, 4.69) is 15.5 Å². The molecule has 0 saturated carbocycles. The van der Waals surface area contributed by atoms with Crippen molar-refractivity contribution >= 4 is 33.4 Å². The van der Waals surface area contributed by atoms with Crippen LogP contribution in [0.15, 0.2) is 64.1 Å². The zero-order valence-electron chi connectivity index (χ0n) is 16.7. The number of carbonyl (C=O) groups is 1. The summed E-state index contributed by atoms with van der Waals surface area (Å²) in [4.78, 5) is 12.6. The molecule has 10 nitrogen and oxygen atoms in total. The van der Waals surface area contributed by atoms with Crippen LogP contribution < -0.4 is 9.62 Å². The summed E-state index contributed by atoms with van der Waals surface area (Å²) in [5, 5.41) is 10.0. The summed E-state index contributed by atoms with van der Waals surface area (Å²) < 4.78 is 43.4. The molecule has 0 atom stereocenters. The number of amides is 1. The number of hydrogen-bond acceptors (Lipinski definition) is 8. The normalized spacial score (nSPS) is 15.4. The molecule has 1 N–H and O–H groups in total. The topological polar surface area (TPSA) is 124 Å². The summed E-state index contributed by atoms with van der Waals surface area (Å²) in [7, 11) is -3.73. The molecule has 32 heavy (non-hydrogen) atoms. The van der Waals surface area contributed by atoms with Crippen LogP contribution in [0.5, 0.6) is 0 Å². The van der Waals surface area contributed by atoms with Crippen molar-refractivity contribution in [2.75, 3.05) is 29.4 Å². The average Bonchev–Trinajstić information content (AvgIpc) is 3.47. The van der Waals surface area contributed by atoms with Crippen molar-refractivity contribution in [2.45, 2.75) is 11.3 Å². The third kappa shape index (κ3) is 3.66. The monoisotopic (exact) mass is 454 g/mol. The molecule has 2 aromatic carbocycles. The predicted molar refractivity (Wildman–Crippen MR) is 113 cm³/mol. The summed E-state index contributed by atoms with van der Waals surface area (Å²) in [5.41, 5.74) is 1.91. The fourth-order valence-corrected chi connectivity index (χ4v) is 4.99. The Morgan fingerprint density at radius 3 is 2.62 bits per heavy atom. The van der Waals surface area contributed by atoms with Crippen LogP contribution in [0.1, 0.15) is 21.8 Å². The maximum absolute atomic E-state index is 13.1. The molecule has 5 rings (SSSR count). The number of fused-ring (bicyclic) bond motifs is 1. The van der Waals surface area contributed by atoms with E-state index in [0.29, 0.717) is 31.9 Å². The van der Waals surface area contributed by atoms with Crippen molar-refractivity contribution in [3.63, 3.8) is 0 Å². The summed E-state index contributed by atoms with van der Waals surface area (Å²) in [6.45, 7) is 1.17. The fraction of sp³-hybridized carbons (Fsp3) is 0.190. The number of nitrogens with one attached hydrogen (secondary N) is 1. The minimum absolute atomic E-state index is 0.0762.